The zero-order valence-electron chi connectivity index (χ0n) is 13.7. The van der Waals surface area contributed by atoms with Crippen molar-refractivity contribution in [3.05, 3.63) is 41.4 Å². The summed E-state index contributed by atoms with van der Waals surface area (Å²) in [4.78, 5) is 28.3. The van der Waals surface area contributed by atoms with Crippen LogP contribution < -0.4 is 10.3 Å². The van der Waals surface area contributed by atoms with Crippen LogP contribution in [0.15, 0.2) is 40.8 Å². The van der Waals surface area contributed by atoms with Crippen LogP contribution in [0.2, 0.25) is 0 Å². The Labute approximate surface area is 149 Å². The van der Waals surface area contributed by atoms with Crippen molar-refractivity contribution in [3.8, 4) is 0 Å². The van der Waals surface area contributed by atoms with Crippen molar-refractivity contribution in [3.63, 3.8) is 0 Å². The van der Waals surface area contributed by atoms with E-state index in [4.69, 9.17) is 0 Å². The molecule has 1 aromatic heterocycles. The Balaban J connectivity index is 1.76. The van der Waals surface area contributed by atoms with Crippen LogP contribution in [0.25, 0.3) is 0 Å². The van der Waals surface area contributed by atoms with E-state index in [1.807, 2.05) is 11.4 Å². The van der Waals surface area contributed by atoms with Crippen molar-refractivity contribution >= 4 is 39.7 Å². The number of hydrogen-bond acceptors (Lipinski definition) is 6. The second kappa shape index (κ2) is 7.43. The number of aliphatic carboxylic acids is 1. The molecular weight excluding hydrogens is 340 g/mol. The number of aromatic nitrogens is 1. The second-order valence-corrected chi connectivity index (χ2v) is 6.49. The summed E-state index contributed by atoms with van der Waals surface area (Å²) in [5, 5.41) is 20.2. The average molecular weight is 358 g/mol. The molecule has 1 unspecified atom stereocenters. The number of benzene rings is 1. The first-order valence-corrected chi connectivity index (χ1v) is 8.86. The number of thiazole rings is 1. The zero-order valence-corrected chi connectivity index (χ0v) is 14.5. The molecule has 0 radical (unpaired) electrons. The number of hydrazone groups is 1. The predicted octanol–water partition coefficient (Wildman–Crippen LogP) is 2.75. The van der Waals surface area contributed by atoms with Gasteiger partial charge in [-0.2, -0.15) is 5.10 Å². The first-order valence-electron chi connectivity index (χ1n) is 7.98. The molecule has 0 bridgehead atoms. The van der Waals surface area contributed by atoms with Crippen LogP contribution in [0.3, 0.4) is 0 Å². The van der Waals surface area contributed by atoms with Gasteiger partial charge in [0.15, 0.2) is 11.2 Å². The van der Waals surface area contributed by atoms with Gasteiger partial charge in [0, 0.05) is 11.8 Å². The molecule has 0 fully saturated rings. The average Bonchev–Trinajstić information content (AvgIpc) is 3.23. The molecule has 2 N–H and O–H groups in total. The van der Waals surface area contributed by atoms with Crippen molar-refractivity contribution in [2.45, 2.75) is 32.2 Å². The number of hydrogen-bond donors (Lipinski definition) is 2. The topological polar surface area (TPSA) is 94.9 Å². The maximum Gasteiger partial charge on any atom is 0.328 e. The fraction of sp³-hybridized carbons (Fsp3) is 0.294. The van der Waals surface area contributed by atoms with Gasteiger partial charge in [0.25, 0.3) is 5.91 Å². The molecular formula is C17H18N4O3S. The lowest BCUT2D eigenvalue weighted by molar-refractivity contribution is -0.138. The predicted molar refractivity (Wildman–Crippen MR) is 97.1 cm³/mol. The lowest BCUT2D eigenvalue weighted by Gasteiger charge is -2.19. The monoisotopic (exact) mass is 358 g/mol. The zero-order chi connectivity index (χ0) is 17.8. The van der Waals surface area contributed by atoms with Gasteiger partial charge in [0.1, 0.15) is 5.71 Å². The van der Waals surface area contributed by atoms with Crippen molar-refractivity contribution in [1.29, 1.82) is 0 Å². The van der Waals surface area contributed by atoms with E-state index in [0.29, 0.717) is 10.8 Å². The molecule has 8 heteroatoms. The molecule has 0 aliphatic carbocycles. The molecule has 1 amide bonds. The Morgan fingerprint density at radius 1 is 1.36 bits per heavy atom. The van der Waals surface area contributed by atoms with Crippen molar-refractivity contribution in [2.24, 2.45) is 5.10 Å². The van der Waals surface area contributed by atoms with Crippen LogP contribution in [0.1, 0.15) is 25.5 Å². The molecule has 2 aromatic rings. The largest absolute Gasteiger partial charge is 0.480 e. The number of aryl methyl sites for hydroxylation is 1. The van der Waals surface area contributed by atoms with Crippen LogP contribution in [0.5, 0.6) is 0 Å². The number of carboxylic acid groups (broad SMARTS) is 1. The molecule has 1 atom stereocenters. The summed E-state index contributed by atoms with van der Waals surface area (Å²) in [6.45, 7) is 2.06. The summed E-state index contributed by atoms with van der Waals surface area (Å²) in [5.74, 6) is -1.43. The summed E-state index contributed by atoms with van der Waals surface area (Å²) >= 11 is 1.35. The molecule has 1 aromatic carbocycles. The molecule has 1 aliphatic rings. The molecule has 3 rings (SSSR count). The molecule has 0 saturated carbocycles. The van der Waals surface area contributed by atoms with Crippen molar-refractivity contribution in [1.82, 2.24) is 4.98 Å². The third-order valence-electron chi connectivity index (χ3n) is 3.76. The van der Waals surface area contributed by atoms with Gasteiger partial charge >= 0.3 is 5.97 Å². The number of anilines is 2. The maximum atomic E-state index is 12.4. The van der Waals surface area contributed by atoms with Crippen LogP contribution >= 0.6 is 11.3 Å². The second-order valence-electron chi connectivity index (χ2n) is 5.63. The van der Waals surface area contributed by atoms with E-state index < -0.39 is 17.9 Å². The summed E-state index contributed by atoms with van der Waals surface area (Å²) < 4.78 is 0. The minimum Gasteiger partial charge on any atom is -0.480 e. The van der Waals surface area contributed by atoms with E-state index >= 15 is 0 Å². The van der Waals surface area contributed by atoms with Gasteiger partial charge in [-0.3, -0.25) is 15.1 Å². The lowest BCUT2D eigenvalue weighted by atomic mass is 10.1. The minimum absolute atomic E-state index is 0.0449. The minimum atomic E-state index is -1.02. The number of rotatable bonds is 6. The van der Waals surface area contributed by atoms with Crippen molar-refractivity contribution in [2.75, 3.05) is 10.3 Å². The number of nitrogens with zero attached hydrogens (tertiary/aromatic N) is 3. The Kier molecular flexibility index (Phi) is 5.08. The Hall–Kier alpha value is -2.74. The van der Waals surface area contributed by atoms with E-state index in [1.165, 1.54) is 16.3 Å². The summed E-state index contributed by atoms with van der Waals surface area (Å²) in [6, 6.07) is 8.06. The number of carboxylic acids is 1. The summed E-state index contributed by atoms with van der Waals surface area (Å²) in [7, 11) is 0. The third kappa shape index (κ3) is 3.85. The highest BCUT2D eigenvalue weighted by atomic mass is 32.1. The quantitative estimate of drug-likeness (QED) is 0.828. The summed E-state index contributed by atoms with van der Waals surface area (Å²) in [6.07, 6.45) is 1.88. The standard InChI is InChI=1S/C17H18N4O3S/c1-2-6-11-10-25-17(18-11)19-15(22)13-9-14(16(23)24)21(20-13)12-7-4-3-5-8-12/h3-5,7-8,10,14H,2,6,9H2,1H3,(H,23,24)(H,18,19,22). The van der Waals surface area contributed by atoms with E-state index in [1.54, 1.807) is 24.3 Å². The van der Waals surface area contributed by atoms with Crippen LogP contribution in [-0.2, 0) is 16.0 Å². The van der Waals surface area contributed by atoms with Crippen LogP contribution in [0.4, 0.5) is 10.8 Å². The molecule has 0 saturated heterocycles. The number of para-hydroxylation sites is 1. The van der Waals surface area contributed by atoms with Crippen molar-refractivity contribution < 1.29 is 14.7 Å². The molecule has 7 nitrogen and oxygen atoms in total. The van der Waals surface area contributed by atoms with Gasteiger partial charge in [0.05, 0.1) is 11.4 Å². The highest BCUT2D eigenvalue weighted by molar-refractivity contribution is 7.14. The smallest absolute Gasteiger partial charge is 0.328 e. The number of carbonyl (C=O) groups is 2. The van der Waals surface area contributed by atoms with Gasteiger partial charge in [-0.05, 0) is 18.6 Å². The molecule has 1 aliphatic heterocycles. The van der Waals surface area contributed by atoms with Gasteiger partial charge in [-0.1, -0.05) is 31.5 Å². The number of amides is 1. The van der Waals surface area contributed by atoms with E-state index in [-0.39, 0.29) is 12.1 Å². The van der Waals surface area contributed by atoms with Gasteiger partial charge in [0.2, 0.25) is 0 Å². The number of carbonyl (C=O) groups excluding carboxylic acids is 1. The molecule has 130 valence electrons. The highest BCUT2D eigenvalue weighted by Gasteiger charge is 2.36. The van der Waals surface area contributed by atoms with Gasteiger partial charge in [-0.15, -0.1) is 11.3 Å². The van der Waals surface area contributed by atoms with E-state index in [9.17, 15) is 14.7 Å². The third-order valence-corrected chi connectivity index (χ3v) is 4.56. The van der Waals surface area contributed by atoms with Crippen LogP contribution in [0, 0.1) is 0 Å². The SMILES string of the molecule is CCCc1csc(NC(=O)C2=NN(c3ccccc3)C(C(=O)O)C2)n1. The molecule has 0 spiro atoms. The summed E-state index contributed by atoms with van der Waals surface area (Å²) in [5.41, 5.74) is 1.76. The van der Waals surface area contributed by atoms with Gasteiger partial charge in [-0.25, -0.2) is 9.78 Å². The Bertz CT molecular complexity index is 803. The fourth-order valence-corrected chi connectivity index (χ4v) is 3.30. The van der Waals surface area contributed by atoms with Gasteiger partial charge < -0.3 is 5.11 Å². The fourth-order valence-electron chi connectivity index (χ4n) is 2.56. The maximum absolute atomic E-state index is 12.4. The lowest BCUT2D eigenvalue weighted by Crippen LogP contribution is -2.34. The van der Waals surface area contributed by atoms with Crippen LogP contribution in [-0.4, -0.2) is 33.7 Å². The van der Waals surface area contributed by atoms with E-state index in [0.717, 1.165) is 18.5 Å². The number of nitrogens with one attached hydrogen (secondary N) is 1. The molecule has 25 heavy (non-hydrogen) atoms. The van der Waals surface area contributed by atoms with E-state index in [2.05, 4.69) is 22.3 Å². The first-order chi connectivity index (χ1) is 12.1. The Morgan fingerprint density at radius 3 is 2.80 bits per heavy atom. The first kappa shape index (κ1) is 17.1. The Morgan fingerprint density at radius 2 is 2.12 bits per heavy atom. The highest BCUT2D eigenvalue weighted by Crippen LogP contribution is 2.25. The normalized spacial score (nSPS) is 16.6. The molecule has 2 heterocycles.